The van der Waals surface area contributed by atoms with E-state index in [0.29, 0.717) is 0 Å². The van der Waals surface area contributed by atoms with E-state index in [0.717, 1.165) is 30.3 Å². The number of hydrogen-bond donors (Lipinski definition) is 0. The van der Waals surface area contributed by atoms with E-state index in [-0.39, 0.29) is 5.92 Å². The Labute approximate surface area is 125 Å². The summed E-state index contributed by atoms with van der Waals surface area (Å²) in [6, 6.07) is 16.5. The van der Waals surface area contributed by atoms with Crippen LogP contribution in [0.2, 0.25) is 0 Å². The first-order chi connectivity index (χ1) is 10.3. The van der Waals surface area contributed by atoms with Crippen LogP contribution in [0.4, 0.5) is 0 Å². The van der Waals surface area contributed by atoms with Crippen LogP contribution in [0, 0.1) is 5.92 Å². The highest BCUT2D eigenvalue weighted by Crippen LogP contribution is 2.53. The quantitative estimate of drug-likeness (QED) is 0.768. The van der Waals surface area contributed by atoms with Crippen molar-refractivity contribution in [2.75, 3.05) is 7.11 Å². The predicted octanol–water partition coefficient (Wildman–Crippen LogP) is 4.17. The van der Waals surface area contributed by atoms with E-state index in [1.54, 1.807) is 7.11 Å². The zero-order chi connectivity index (χ0) is 14.9. The lowest BCUT2D eigenvalue weighted by Crippen LogP contribution is -2.37. The average Bonchev–Trinajstić information content (AvgIpc) is 2.84. The van der Waals surface area contributed by atoms with Crippen molar-refractivity contribution in [3.63, 3.8) is 0 Å². The van der Waals surface area contributed by atoms with Gasteiger partial charge in [0.25, 0.3) is 0 Å². The molecule has 3 rings (SSSR count). The normalized spacial score (nSPS) is 16.1. The summed E-state index contributed by atoms with van der Waals surface area (Å²) in [6.07, 6.45) is 2.84. The van der Waals surface area contributed by atoms with E-state index in [4.69, 9.17) is 4.74 Å². The van der Waals surface area contributed by atoms with Gasteiger partial charge >= 0.3 is 0 Å². The number of carbonyl (C=O) groups excluding carboxylic acids is 1. The summed E-state index contributed by atoms with van der Waals surface area (Å²) in [5.41, 5.74) is 3.93. The van der Waals surface area contributed by atoms with Gasteiger partial charge in [0.05, 0.1) is 5.92 Å². The van der Waals surface area contributed by atoms with Gasteiger partial charge in [-0.25, -0.2) is 0 Å². The molecule has 2 nitrogen and oxygen atoms in total. The summed E-state index contributed by atoms with van der Waals surface area (Å²) in [5, 5.41) is 0. The van der Waals surface area contributed by atoms with Crippen LogP contribution in [0.25, 0.3) is 11.1 Å². The average molecular weight is 280 g/mol. The number of carbonyl (C=O) groups is 1. The second-order valence-corrected chi connectivity index (χ2v) is 5.56. The topological polar surface area (TPSA) is 26.3 Å². The smallest absolute Gasteiger partial charge is 0.128 e. The zero-order valence-corrected chi connectivity index (χ0v) is 12.5. The Morgan fingerprint density at radius 2 is 1.57 bits per heavy atom. The van der Waals surface area contributed by atoms with Crippen molar-refractivity contribution in [2.45, 2.75) is 25.4 Å². The number of ether oxygens (including phenoxy) is 1. The van der Waals surface area contributed by atoms with Gasteiger partial charge in [0.2, 0.25) is 0 Å². The summed E-state index contributed by atoms with van der Waals surface area (Å²) >= 11 is 0. The second-order valence-electron chi connectivity index (χ2n) is 5.56. The Morgan fingerprint density at radius 3 is 2.00 bits per heavy atom. The molecule has 1 aliphatic rings. The van der Waals surface area contributed by atoms with Crippen LogP contribution in [0.5, 0.6) is 0 Å². The third-order valence-corrected chi connectivity index (χ3v) is 4.55. The fourth-order valence-corrected chi connectivity index (χ4v) is 3.68. The highest BCUT2D eigenvalue weighted by atomic mass is 16.5. The molecule has 1 unspecified atom stereocenters. The fraction of sp³-hybridized carbons (Fsp3) is 0.316. The molecule has 0 aromatic heterocycles. The van der Waals surface area contributed by atoms with Crippen LogP contribution < -0.4 is 0 Å². The first-order valence-corrected chi connectivity index (χ1v) is 7.49. The number of hydrogen-bond acceptors (Lipinski definition) is 2. The van der Waals surface area contributed by atoms with Gasteiger partial charge in [-0.15, -0.1) is 0 Å². The molecule has 2 heteroatoms. The first kappa shape index (κ1) is 14.0. The molecule has 21 heavy (non-hydrogen) atoms. The van der Waals surface area contributed by atoms with E-state index in [2.05, 4.69) is 31.2 Å². The summed E-state index contributed by atoms with van der Waals surface area (Å²) in [6.45, 7) is 2.10. The maximum absolute atomic E-state index is 11.8. The monoisotopic (exact) mass is 280 g/mol. The van der Waals surface area contributed by atoms with E-state index in [1.807, 2.05) is 24.3 Å². The lowest BCUT2D eigenvalue weighted by molar-refractivity contribution is -0.120. The highest BCUT2D eigenvalue weighted by molar-refractivity contribution is 5.82. The number of fused-ring (bicyclic) bond motifs is 3. The maximum Gasteiger partial charge on any atom is 0.128 e. The Kier molecular flexibility index (Phi) is 3.64. The van der Waals surface area contributed by atoms with Crippen LogP contribution in [0.15, 0.2) is 48.5 Å². The van der Waals surface area contributed by atoms with Gasteiger partial charge in [0.1, 0.15) is 11.9 Å². The summed E-state index contributed by atoms with van der Waals surface area (Å²) in [5.74, 6) is -0.169. The number of rotatable bonds is 5. The summed E-state index contributed by atoms with van der Waals surface area (Å²) in [4.78, 5) is 11.8. The lowest BCUT2D eigenvalue weighted by Gasteiger charge is -2.35. The minimum Gasteiger partial charge on any atom is -0.368 e. The van der Waals surface area contributed by atoms with E-state index < -0.39 is 5.60 Å². The zero-order valence-electron chi connectivity index (χ0n) is 12.5. The molecule has 0 amide bonds. The van der Waals surface area contributed by atoms with Crippen LogP contribution in [-0.4, -0.2) is 13.4 Å². The minimum absolute atomic E-state index is 0.169. The molecule has 0 spiro atoms. The van der Waals surface area contributed by atoms with Crippen LogP contribution in [0.3, 0.4) is 0 Å². The largest absolute Gasteiger partial charge is 0.368 e. The van der Waals surface area contributed by atoms with Gasteiger partial charge < -0.3 is 9.53 Å². The molecule has 0 saturated carbocycles. The minimum atomic E-state index is -0.648. The van der Waals surface area contributed by atoms with Crippen molar-refractivity contribution in [2.24, 2.45) is 5.92 Å². The molecule has 0 fully saturated rings. The highest BCUT2D eigenvalue weighted by Gasteiger charge is 2.48. The molecule has 0 N–H and O–H groups in total. The molecule has 1 aliphatic carbocycles. The van der Waals surface area contributed by atoms with Gasteiger partial charge in [-0.2, -0.15) is 0 Å². The Hall–Kier alpha value is -1.93. The van der Waals surface area contributed by atoms with Crippen molar-refractivity contribution in [1.82, 2.24) is 0 Å². The number of aldehydes is 1. The van der Waals surface area contributed by atoms with Crippen LogP contribution in [0.1, 0.15) is 30.9 Å². The van der Waals surface area contributed by atoms with Crippen molar-refractivity contribution < 1.29 is 9.53 Å². The van der Waals surface area contributed by atoms with Crippen LogP contribution >= 0.6 is 0 Å². The predicted molar refractivity (Wildman–Crippen MR) is 84.1 cm³/mol. The molecule has 0 radical (unpaired) electrons. The fourth-order valence-electron chi connectivity index (χ4n) is 3.68. The molecular weight excluding hydrogens is 260 g/mol. The lowest BCUT2D eigenvalue weighted by atomic mass is 9.77. The van der Waals surface area contributed by atoms with Gasteiger partial charge in [0.15, 0.2) is 0 Å². The van der Waals surface area contributed by atoms with Gasteiger partial charge in [-0.3, -0.25) is 0 Å². The van der Waals surface area contributed by atoms with Crippen molar-refractivity contribution >= 4 is 6.29 Å². The Morgan fingerprint density at radius 1 is 1.05 bits per heavy atom. The van der Waals surface area contributed by atoms with Gasteiger partial charge in [-0.05, 0) is 28.7 Å². The molecule has 2 aromatic carbocycles. The Balaban J connectivity index is 2.31. The summed E-state index contributed by atoms with van der Waals surface area (Å²) < 4.78 is 6.03. The molecule has 2 aromatic rings. The van der Waals surface area contributed by atoms with E-state index in [1.165, 1.54) is 11.1 Å². The standard InChI is InChI=1S/C19H20O2/c1-3-8-14(13-20)19(21-2)17-11-6-4-9-15(17)16-10-5-7-12-18(16)19/h4-7,9-14H,3,8H2,1-2H3. The number of methoxy groups -OCH3 is 1. The second kappa shape index (κ2) is 5.45. The molecule has 0 bridgehead atoms. The Bertz CT molecular complexity index is 615. The third-order valence-electron chi connectivity index (χ3n) is 4.55. The molecule has 108 valence electrons. The van der Waals surface area contributed by atoms with Crippen molar-refractivity contribution in [1.29, 1.82) is 0 Å². The van der Waals surface area contributed by atoms with Gasteiger partial charge in [0, 0.05) is 7.11 Å². The molecule has 0 aliphatic heterocycles. The first-order valence-electron chi connectivity index (χ1n) is 7.49. The maximum atomic E-state index is 11.8. The number of benzene rings is 2. The van der Waals surface area contributed by atoms with Gasteiger partial charge in [-0.1, -0.05) is 61.9 Å². The van der Waals surface area contributed by atoms with Crippen LogP contribution in [-0.2, 0) is 15.1 Å². The van der Waals surface area contributed by atoms with Crippen molar-refractivity contribution in [3.05, 3.63) is 59.7 Å². The third kappa shape index (κ3) is 1.86. The molecule has 0 saturated heterocycles. The van der Waals surface area contributed by atoms with Crippen molar-refractivity contribution in [3.8, 4) is 11.1 Å². The van der Waals surface area contributed by atoms with E-state index >= 15 is 0 Å². The molecule has 1 atom stereocenters. The summed E-state index contributed by atoms with van der Waals surface area (Å²) in [7, 11) is 1.71. The molecule has 0 heterocycles. The SMILES string of the molecule is CCCC(C=O)C1(OC)c2ccccc2-c2ccccc21. The van der Waals surface area contributed by atoms with E-state index in [9.17, 15) is 4.79 Å². The molecular formula is C19H20O2.